The summed E-state index contributed by atoms with van der Waals surface area (Å²) >= 11 is 0. The average molecular weight is 258 g/mol. The van der Waals surface area contributed by atoms with Crippen molar-refractivity contribution < 1.29 is 19.3 Å². The van der Waals surface area contributed by atoms with E-state index in [2.05, 4.69) is 13.0 Å². The summed E-state index contributed by atoms with van der Waals surface area (Å²) in [6.45, 7) is 4.74. The third-order valence-corrected chi connectivity index (χ3v) is 2.10. The Balaban J connectivity index is 3.10. The van der Waals surface area contributed by atoms with Crippen LogP contribution in [0, 0.1) is 0 Å². The lowest BCUT2D eigenvalue weighted by Crippen LogP contribution is -2.09. The Morgan fingerprint density at radius 1 is 0.944 bits per heavy atom. The van der Waals surface area contributed by atoms with Gasteiger partial charge in [0, 0.05) is 0 Å². The van der Waals surface area contributed by atoms with E-state index >= 15 is 0 Å². The van der Waals surface area contributed by atoms with Crippen LogP contribution in [-0.4, -0.2) is 44.7 Å². The van der Waals surface area contributed by atoms with Crippen LogP contribution in [0.1, 0.15) is 26.2 Å². The Morgan fingerprint density at radius 3 is 2.39 bits per heavy atom. The highest BCUT2D eigenvalue weighted by Crippen LogP contribution is 1.94. The molecule has 0 spiro atoms. The van der Waals surface area contributed by atoms with E-state index in [-0.39, 0.29) is 6.61 Å². The standard InChI is InChI=1S/C14H26O4/c1-2-3-4-5-6-7-9-16-11-13-18-14-12-17-10-8-15/h5-7,9,15H,2-4,8,10-14H2,1H3. The molecule has 4 heteroatoms. The fourth-order valence-electron chi connectivity index (χ4n) is 1.16. The minimum absolute atomic E-state index is 0.0552. The quantitative estimate of drug-likeness (QED) is 0.313. The van der Waals surface area contributed by atoms with Crippen molar-refractivity contribution in [2.75, 3.05) is 39.6 Å². The summed E-state index contributed by atoms with van der Waals surface area (Å²) < 4.78 is 15.5. The summed E-state index contributed by atoms with van der Waals surface area (Å²) in [5, 5.41) is 8.46. The summed E-state index contributed by atoms with van der Waals surface area (Å²) in [6.07, 6.45) is 11.3. The first-order valence-corrected chi connectivity index (χ1v) is 6.61. The van der Waals surface area contributed by atoms with E-state index in [1.807, 2.05) is 12.2 Å². The van der Waals surface area contributed by atoms with Crippen molar-refractivity contribution >= 4 is 0 Å². The van der Waals surface area contributed by atoms with Gasteiger partial charge in [-0.15, -0.1) is 0 Å². The van der Waals surface area contributed by atoms with Crippen LogP contribution in [0.3, 0.4) is 0 Å². The summed E-state index contributed by atoms with van der Waals surface area (Å²) in [7, 11) is 0. The second kappa shape index (κ2) is 16.2. The van der Waals surface area contributed by atoms with E-state index in [1.165, 1.54) is 12.8 Å². The molecule has 0 aliphatic heterocycles. The number of ether oxygens (including phenoxy) is 3. The third kappa shape index (κ3) is 15.2. The molecule has 0 radical (unpaired) electrons. The summed E-state index contributed by atoms with van der Waals surface area (Å²) in [4.78, 5) is 0. The number of hydrogen-bond donors (Lipinski definition) is 1. The van der Waals surface area contributed by atoms with Gasteiger partial charge >= 0.3 is 0 Å². The maximum Gasteiger partial charge on any atom is 0.111 e. The second-order valence-corrected chi connectivity index (χ2v) is 3.72. The molecule has 0 unspecified atom stereocenters. The lowest BCUT2D eigenvalue weighted by molar-refractivity contribution is 0.0203. The van der Waals surface area contributed by atoms with Gasteiger partial charge in [0.15, 0.2) is 0 Å². The fraction of sp³-hybridized carbons (Fsp3) is 0.714. The molecule has 0 fully saturated rings. The highest BCUT2D eigenvalue weighted by Gasteiger charge is 1.88. The zero-order valence-electron chi connectivity index (χ0n) is 11.3. The van der Waals surface area contributed by atoms with Crippen molar-refractivity contribution in [3.63, 3.8) is 0 Å². The van der Waals surface area contributed by atoms with Crippen LogP contribution in [0.5, 0.6) is 0 Å². The van der Waals surface area contributed by atoms with E-state index in [9.17, 15) is 0 Å². The molecule has 0 aliphatic rings. The third-order valence-electron chi connectivity index (χ3n) is 2.10. The molecule has 0 atom stereocenters. The second-order valence-electron chi connectivity index (χ2n) is 3.72. The van der Waals surface area contributed by atoms with Crippen molar-refractivity contribution in [2.24, 2.45) is 0 Å². The largest absolute Gasteiger partial charge is 0.499 e. The highest BCUT2D eigenvalue weighted by atomic mass is 16.5. The van der Waals surface area contributed by atoms with Gasteiger partial charge in [0.1, 0.15) is 6.61 Å². The van der Waals surface area contributed by atoms with Gasteiger partial charge in [-0.05, 0) is 12.5 Å². The van der Waals surface area contributed by atoms with Gasteiger partial charge < -0.3 is 19.3 Å². The van der Waals surface area contributed by atoms with Crippen LogP contribution >= 0.6 is 0 Å². The highest BCUT2D eigenvalue weighted by molar-refractivity contribution is 4.99. The van der Waals surface area contributed by atoms with Crippen LogP contribution in [0.4, 0.5) is 0 Å². The number of rotatable bonds is 13. The number of hydrogen-bond acceptors (Lipinski definition) is 4. The molecule has 106 valence electrons. The van der Waals surface area contributed by atoms with Crippen molar-refractivity contribution in [1.82, 2.24) is 0 Å². The van der Waals surface area contributed by atoms with Gasteiger partial charge in [-0.3, -0.25) is 0 Å². The van der Waals surface area contributed by atoms with Crippen LogP contribution < -0.4 is 0 Å². The normalized spacial score (nSPS) is 11.7. The summed E-state index contributed by atoms with van der Waals surface area (Å²) in [5.74, 6) is 0. The van der Waals surface area contributed by atoms with Crippen LogP contribution in [0.2, 0.25) is 0 Å². The molecule has 0 saturated carbocycles. The molecular weight excluding hydrogens is 232 g/mol. The predicted molar refractivity (Wildman–Crippen MR) is 72.5 cm³/mol. The molecule has 0 aromatic rings. The molecule has 1 N–H and O–H groups in total. The Kier molecular flexibility index (Phi) is 15.4. The van der Waals surface area contributed by atoms with Gasteiger partial charge in [-0.25, -0.2) is 0 Å². The number of allylic oxidation sites excluding steroid dienone is 3. The topological polar surface area (TPSA) is 47.9 Å². The molecule has 0 aromatic heterocycles. The van der Waals surface area contributed by atoms with Gasteiger partial charge in [-0.2, -0.15) is 0 Å². The maximum atomic E-state index is 8.46. The van der Waals surface area contributed by atoms with E-state index in [4.69, 9.17) is 19.3 Å². The number of aliphatic hydroxyl groups is 1. The monoisotopic (exact) mass is 258 g/mol. The van der Waals surface area contributed by atoms with Crippen molar-refractivity contribution in [3.8, 4) is 0 Å². The number of aliphatic hydroxyl groups excluding tert-OH is 1. The SMILES string of the molecule is CCCCC=CC=COCCOCCOCCO. The van der Waals surface area contributed by atoms with Crippen molar-refractivity contribution in [3.05, 3.63) is 24.5 Å². The average Bonchev–Trinajstić information content (AvgIpc) is 2.39. The molecule has 0 heterocycles. The summed E-state index contributed by atoms with van der Waals surface area (Å²) in [5.41, 5.74) is 0. The first-order valence-electron chi connectivity index (χ1n) is 6.61. The Hall–Kier alpha value is -0.840. The van der Waals surface area contributed by atoms with Gasteiger partial charge in [0.05, 0.1) is 39.3 Å². The van der Waals surface area contributed by atoms with Crippen LogP contribution in [0.15, 0.2) is 24.5 Å². The minimum Gasteiger partial charge on any atom is -0.499 e. The molecule has 0 rings (SSSR count). The van der Waals surface area contributed by atoms with E-state index in [0.717, 1.165) is 6.42 Å². The predicted octanol–water partition coefficient (Wildman–Crippen LogP) is 2.29. The maximum absolute atomic E-state index is 8.46. The van der Waals surface area contributed by atoms with E-state index in [1.54, 1.807) is 6.26 Å². The first-order chi connectivity index (χ1) is 8.91. The molecule has 0 aromatic carbocycles. The molecule has 4 nitrogen and oxygen atoms in total. The van der Waals surface area contributed by atoms with Gasteiger partial charge in [0.25, 0.3) is 0 Å². The van der Waals surface area contributed by atoms with E-state index < -0.39 is 0 Å². The zero-order chi connectivity index (χ0) is 13.3. The van der Waals surface area contributed by atoms with Gasteiger partial charge in [-0.1, -0.05) is 31.9 Å². The number of unbranched alkanes of at least 4 members (excludes halogenated alkanes) is 2. The van der Waals surface area contributed by atoms with Crippen molar-refractivity contribution in [1.29, 1.82) is 0 Å². The fourth-order valence-corrected chi connectivity index (χ4v) is 1.16. The lowest BCUT2D eigenvalue weighted by atomic mass is 10.2. The Bertz CT molecular complexity index is 202. The molecule has 18 heavy (non-hydrogen) atoms. The summed E-state index contributed by atoms with van der Waals surface area (Å²) in [6, 6.07) is 0. The zero-order valence-corrected chi connectivity index (χ0v) is 11.3. The minimum atomic E-state index is 0.0552. The van der Waals surface area contributed by atoms with E-state index in [0.29, 0.717) is 33.0 Å². The van der Waals surface area contributed by atoms with Gasteiger partial charge in [0.2, 0.25) is 0 Å². The molecule has 0 aliphatic carbocycles. The lowest BCUT2D eigenvalue weighted by Gasteiger charge is -2.04. The smallest absolute Gasteiger partial charge is 0.111 e. The van der Waals surface area contributed by atoms with Crippen LogP contribution in [-0.2, 0) is 14.2 Å². The van der Waals surface area contributed by atoms with Crippen molar-refractivity contribution in [2.45, 2.75) is 26.2 Å². The Morgan fingerprint density at radius 2 is 1.67 bits per heavy atom. The Labute approximate surface area is 110 Å². The molecule has 0 amide bonds. The van der Waals surface area contributed by atoms with Crippen LogP contribution in [0.25, 0.3) is 0 Å². The molecular formula is C14H26O4. The first kappa shape index (κ1) is 17.2. The molecule has 0 bridgehead atoms. The molecule has 0 saturated heterocycles.